The fourth-order valence-electron chi connectivity index (χ4n) is 5.78. The first-order valence-electron chi connectivity index (χ1n) is 13.2. The van der Waals surface area contributed by atoms with Crippen molar-refractivity contribution < 1.29 is 13.2 Å². The smallest absolute Gasteiger partial charge is 0.256 e. The molecule has 6 rings (SSSR count). The van der Waals surface area contributed by atoms with E-state index in [0.29, 0.717) is 30.5 Å². The molecular formula is C29H31N3O3S3. The Morgan fingerprint density at radius 1 is 1.00 bits per heavy atom. The van der Waals surface area contributed by atoms with E-state index in [0.717, 1.165) is 57.9 Å². The molecule has 198 valence electrons. The fourth-order valence-corrected chi connectivity index (χ4v) is 9.90. The number of nitrogens with zero attached hydrogens (tertiary/aromatic N) is 2. The monoisotopic (exact) mass is 565 g/mol. The van der Waals surface area contributed by atoms with Crippen molar-refractivity contribution in [2.24, 2.45) is 11.8 Å². The van der Waals surface area contributed by atoms with Gasteiger partial charge in [0.2, 0.25) is 10.0 Å². The number of thiophene rings is 1. The molecule has 38 heavy (non-hydrogen) atoms. The summed E-state index contributed by atoms with van der Waals surface area (Å²) in [6.45, 7) is 5.20. The molecule has 0 bridgehead atoms. The van der Waals surface area contributed by atoms with Crippen LogP contribution in [0.3, 0.4) is 0 Å². The van der Waals surface area contributed by atoms with Gasteiger partial charge in [-0.1, -0.05) is 32.0 Å². The number of hydrogen-bond acceptors (Lipinski definition) is 6. The number of rotatable bonds is 5. The second kappa shape index (κ2) is 10.2. The number of benzene rings is 2. The number of fused-ring (bicyclic) bond motifs is 2. The molecule has 2 aromatic heterocycles. The van der Waals surface area contributed by atoms with Gasteiger partial charge in [-0.05, 0) is 79.8 Å². The lowest BCUT2D eigenvalue weighted by atomic mass is 9.94. The molecule has 9 heteroatoms. The molecule has 1 saturated heterocycles. The number of piperidine rings is 1. The number of carbonyl (C=O) groups is 1. The van der Waals surface area contributed by atoms with Gasteiger partial charge in [0.15, 0.2) is 0 Å². The summed E-state index contributed by atoms with van der Waals surface area (Å²) in [7, 11) is -3.68. The van der Waals surface area contributed by atoms with Gasteiger partial charge in [-0.2, -0.15) is 4.31 Å². The largest absolute Gasteiger partial charge is 0.313 e. The van der Waals surface area contributed by atoms with Gasteiger partial charge >= 0.3 is 0 Å². The predicted molar refractivity (Wildman–Crippen MR) is 156 cm³/mol. The maximum Gasteiger partial charge on any atom is 0.256 e. The molecule has 2 atom stereocenters. The van der Waals surface area contributed by atoms with E-state index in [-0.39, 0.29) is 10.8 Å². The quantitative estimate of drug-likeness (QED) is 0.288. The third kappa shape index (κ3) is 4.81. The zero-order chi connectivity index (χ0) is 26.4. The lowest BCUT2D eigenvalue weighted by Gasteiger charge is -2.34. The number of carbonyl (C=O) groups excluding carboxylic acids is 1. The van der Waals surface area contributed by atoms with E-state index in [2.05, 4.69) is 25.2 Å². The van der Waals surface area contributed by atoms with Crippen molar-refractivity contribution in [3.8, 4) is 10.6 Å². The van der Waals surface area contributed by atoms with Crippen LogP contribution >= 0.6 is 22.7 Å². The van der Waals surface area contributed by atoms with E-state index in [4.69, 9.17) is 4.98 Å². The average molecular weight is 566 g/mol. The molecule has 1 aliphatic heterocycles. The SMILES string of the molecule is C[C@@H]1C[C@@H](C)CN(S(=O)(=O)c2cccc(C(=O)Nc3sc4c(c3-c3nc5ccccc5s3)CCCC4)c2)C1. The Morgan fingerprint density at radius 2 is 1.76 bits per heavy atom. The highest BCUT2D eigenvalue weighted by Crippen LogP contribution is 2.46. The van der Waals surface area contributed by atoms with Gasteiger partial charge in [0.1, 0.15) is 10.0 Å². The zero-order valence-electron chi connectivity index (χ0n) is 21.6. The van der Waals surface area contributed by atoms with Crippen LogP contribution in [0.25, 0.3) is 20.8 Å². The standard InChI is InChI=1S/C29H31N3O3S3/c1-18-14-19(2)17-32(16-18)38(34,35)21-9-7-8-20(15-21)27(33)31-29-26(22-10-3-5-12-24(22)36-29)28-30-23-11-4-6-13-25(23)37-28/h4,6-9,11,13,15,18-19H,3,5,10,12,14,16-17H2,1-2H3,(H,31,33)/t18-,19-/m1/s1. The predicted octanol–water partition coefficient (Wildman–Crippen LogP) is 6.82. The van der Waals surface area contributed by atoms with Crippen molar-refractivity contribution in [1.82, 2.24) is 9.29 Å². The molecule has 1 N–H and O–H groups in total. The molecule has 1 aliphatic carbocycles. The Morgan fingerprint density at radius 3 is 2.55 bits per heavy atom. The van der Waals surface area contributed by atoms with Crippen molar-refractivity contribution in [3.05, 3.63) is 64.5 Å². The topological polar surface area (TPSA) is 79.4 Å². The van der Waals surface area contributed by atoms with Crippen LogP contribution in [-0.4, -0.2) is 36.7 Å². The molecule has 2 aliphatic rings. The molecule has 6 nitrogen and oxygen atoms in total. The number of para-hydroxylation sites is 1. The van der Waals surface area contributed by atoms with Crippen molar-refractivity contribution in [3.63, 3.8) is 0 Å². The summed E-state index contributed by atoms with van der Waals surface area (Å²) in [5.74, 6) is 0.319. The highest BCUT2D eigenvalue weighted by Gasteiger charge is 2.32. The van der Waals surface area contributed by atoms with Crippen LogP contribution in [0.1, 0.15) is 53.9 Å². The van der Waals surface area contributed by atoms with Crippen LogP contribution in [0.5, 0.6) is 0 Å². The number of amides is 1. The van der Waals surface area contributed by atoms with Crippen LogP contribution in [0, 0.1) is 11.8 Å². The third-order valence-corrected chi connectivity index (χ3v) is 11.6. The minimum atomic E-state index is -3.68. The average Bonchev–Trinajstić information content (AvgIpc) is 3.48. The summed E-state index contributed by atoms with van der Waals surface area (Å²) >= 11 is 3.28. The Labute approximate surface area is 231 Å². The molecule has 0 saturated carbocycles. The van der Waals surface area contributed by atoms with Gasteiger partial charge in [0.25, 0.3) is 5.91 Å². The lowest BCUT2D eigenvalue weighted by Crippen LogP contribution is -2.42. The van der Waals surface area contributed by atoms with E-state index < -0.39 is 10.0 Å². The molecule has 1 fully saturated rings. The molecule has 0 radical (unpaired) electrons. The Kier molecular flexibility index (Phi) is 6.88. The summed E-state index contributed by atoms with van der Waals surface area (Å²) in [4.78, 5) is 19.9. The van der Waals surface area contributed by atoms with Gasteiger partial charge in [-0.25, -0.2) is 13.4 Å². The third-order valence-electron chi connectivity index (χ3n) is 7.48. The van der Waals surface area contributed by atoms with E-state index in [1.165, 1.54) is 16.5 Å². The molecular weight excluding hydrogens is 535 g/mol. The van der Waals surface area contributed by atoms with E-state index in [9.17, 15) is 13.2 Å². The van der Waals surface area contributed by atoms with E-state index >= 15 is 0 Å². The van der Waals surface area contributed by atoms with Crippen LogP contribution < -0.4 is 5.32 Å². The number of aromatic nitrogens is 1. The highest BCUT2D eigenvalue weighted by molar-refractivity contribution is 7.89. The van der Waals surface area contributed by atoms with Crippen LogP contribution in [0.15, 0.2) is 53.4 Å². The number of hydrogen-bond donors (Lipinski definition) is 1. The maximum atomic E-state index is 13.5. The summed E-state index contributed by atoms with van der Waals surface area (Å²) in [5.41, 5.74) is 3.62. The maximum absolute atomic E-state index is 13.5. The van der Waals surface area contributed by atoms with Crippen molar-refractivity contribution >= 4 is 53.8 Å². The summed E-state index contributed by atoms with van der Waals surface area (Å²) < 4.78 is 29.6. The zero-order valence-corrected chi connectivity index (χ0v) is 24.0. The first-order valence-corrected chi connectivity index (χ1v) is 16.3. The van der Waals surface area contributed by atoms with E-state index in [1.54, 1.807) is 45.2 Å². The summed E-state index contributed by atoms with van der Waals surface area (Å²) in [6, 6.07) is 14.5. The second-order valence-electron chi connectivity index (χ2n) is 10.7. The minimum absolute atomic E-state index is 0.170. The van der Waals surface area contributed by atoms with Gasteiger partial charge in [-0.15, -0.1) is 22.7 Å². The van der Waals surface area contributed by atoms with Crippen molar-refractivity contribution in [2.45, 2.75) is 50.8 Å². The van der Waals surface area contributed by atoms with Crippen molar-refractivity contribution in [1.29, 1.82) is 0 Å². The lowest BCUT2D eigenvalue weighted by molar-refractivity contribution is 0.102. The first kappa shape index (κ1) is 25.7. The number of aryl methyl sites for hydroxylation is 1. The fraction of sp³-hybridized carbons (Fsp3) is 0.379. The van der Waals surface area contributed by atoms with Gasteiger partial charge < -0.3 is 5.32 Å². The van der Waals surface area contributed by atoms with Gasteiger partial charge in [0.05, 0.1) is 15.1 Å². The van der Waals surface area contributed by atoms with Gasteiger partial charge in [-0.3, -0.25) is 4.79 Å². The molecule has 3 heterocycles. The van der Waals surface area contributed by atoms with Crippen LogP contribution in [0.2, 0.25) is 0 Å². The number of nitrogens with one attached hydrogen (secondary N) is 1. The molecule has 0 unspecified atom stereocenters. The Balaban J connectivity index is 1.32. The number of thiazole rings is 1. The minimum Gasteiger partial charge on any atom is -0.313 e. The molecule has 2 aromatic carbocycles. The van der Waals surface area contributed by atoms with E-state index in [1.807, 2.05) is 18.2 Å². The summed E-state index contributed by atoms with van der Waals surface area (Å²) in [6.07, 6.45) is 5.29. The number of anilines is 1. The molecule has 1 amide bonds. The Bertz CT molecular complexity index is 1580. The normalized spacial score (nSPS) is 20.4. The number of sulfonamides is 1. The van der Waals surface area contributed by atoms with Crippen LogP contribution in [0.4, 0.5) is 5.00 Å². The molecule has 0 spiro atoms. The second-order valence-corrected chi connectivity index (χ2v) is 14.7. The first-order chi connectivity index (χ1) is 18.3. The summed E-state index contributed by atoms with van der Waals surface area (Å²) in [5, 5.41) is 4.86. The van der Waals surface area contributed by atoms with Crippen LogP contribution in [-0.2, 0) is 22.9 Å². The van der Waals surface area contributed by atoms with Gasteiger partial charge in [0, 0.05) is 29.1 Å². The molecule has 4 aromatic rings. The van der Waals surface area contributed by atoms with Crippen molar-refractivity contribution in [2.75, 3.05) is 18.4 Å². The Hall–Kier alpha value is -2.59. The highest BCUT2D eigenvalue weighted by atomic mass is 32.2.